The zero-order valence-electron chi connectivity index (χ0n) is 10.8. The van der Waals surface area contributed by atoms with E-state index in [1.807, 2.05) is 20.8 Å². The maximum absolute atomic E-state index is 12.3. The van der Waals surface area contributed by atoms with Crippen molar-refractivity contribution in [3.63, 3.8) is 0 Å². The number of carbonyl (C=O) groups is 2. The van der Waals surface area contributed by atoms with Gasteiger partial charge >= 0.3 is 5.97 Å². The molecule has 5 heteroatoms. The summed E-state index contributed by atoms with van der Waals surface area (Å²) in [6.45, 7) is 5.31. The highest BCUT2D eigenvalue weighted by Gasteiger charge is 2.36. The summed E-state index contributed by atoms with van der Waals surface area (Å²) in [6, 6.07) is 0.0793. The molecule has 1 fully saturated rings. The average Bonchev–Trinajstić information content (AvgIpc) is 2.58. The lowest BCUT2D eigenvalue weighted by Gasteiger charge is -2.36. The minimum Gasteiger partial charge on any atom is -0.480 e. The highest BCUT2D eigenvalue weighted by atomic mass is 16.4. The SMILES string of the molecule is CC(C)(C)N(CC(=O)O)C(=O)C1CCC(N)C1. The highest BCUT2D eigenvalue weighted by Crippen LogP contribution is 2.28. The zero-order chi connectivity index (χ0) is 13.2. The fraction of sp³-hybridized carbons (Fsp3) is 0.833. The number of hydrogen-bond acceptors (Lipinski definition) is 3. The standard InChI is InChI=1S/C12H22N2O3/c1-12(2,3)14(7-10(15)16)11(17)8-4-5-9(13)6-8/h8-9H,4-7,13H2,1-3H3,(H,15,16). The van der Waals surface area contributed by atoms with Crippen molar-refractivity contribution < 1.29 is 14.7 Å². The molecule has 5 nitrogen and oxygen atoms in total. The smallest absolute Gasteiger partial charge is 0.323 e. The van der Waals surface area contributed by atoms with Crippen molar-refractivity contribution in [2.45, 2.75) is 51.6 Å². The van der Waals surface area contributed by atoms with Crippen molar-refractivity contribution in [2.24, 2.45) is 11.7 Å². The Hall–Kier alpha value is -1.10. The maximum Gasteiger partial charge on any atom is 0.323 e. The molecule has 0 aromatic heterocycles. The predicted molar refractivity (Wildman–Crippen MR) is 64.4 cm³/mol. The molecule has 2 atom stereocenters. The maximum atomic E-state index is 12.3. The number of carbonyl (C=O) groups excluding carboxylic acids is 1. The van der Waals surface area contributed by atoms with E-state index in [-0.39, 0.29) is 24.4 Å². The first kappa shape index (κ1) is 14.0. The fourth-order valence-corrected chi connectivity index (χ4v) is 2.24. The Morgan fingerprint density at radius 1 is 1.35 bits per heavy atom. The lowest BCUT2D eigenvalue weighted by atomic mass is 10.00. The van der Waals surface area contributed by atoms with Crippen LogP contribution in [0.25, 0.3) is 0 Å². The third kappa shape index (κ3) is 3.70. The van der Waals surface area contributed by atoms with Gasteiger partial charge in [0.25, 0.3) is 0 Å². The van der Waals surface area contributed by atoms with Gasteiger partial charge in [-0.3, -0.25) is 9.59 Å². The molecule has 98 valence electrons. The summed E-state index contributed by atoms with van der Waals surface area (Å²) in [5.74, 6) is -1.16. The first-order valence-electron chi connectivity index (χ1n) is 6.00. The molecule has 1 aliphatic carbocycles. The quantitative estimate of drug-likeness (QED) is 0.767. The van der Waals surface area contributed by atoms with E-state index in [0.717, 1.165) is 12.8 Å². The van der Waals surface area contributed by atoms with E-state index in [4.69, 9.17) is 10.8 Å². The second-order valence-corrected chi connectivity index (χ2v) is 5.76. The molecule has 0 aromatic rings. The van der Waals surface area contributed by atoms with E-state index in [9.17, 15) is 9.59 Å². The van der Waals surface area contributed by atoms with Crippen molar-refractivity contribution >= 4 is 11.9 Å². The largest absolute Gasteiger partial charge is 0.480 e. The van der Waals surface area contributed by atoms with Gasteiger partial charge in [-0.05, 0) is 40.0 Å². The summed E-state index contributed by atoms with van der Waals surface area (Å²) in [5.41, 5.74) is 5.32. The first-order chi connectivity index (χ1) is 7.71. The van der Waals surface area contributed by atoms with Gasteiger partial charge in [0.1, 0.15) is 6.54 Å². The van der Waals surface area contributed by atoms with Crippen LogP contribution >= 0.6 is 0 Å². The topological polar surface area (TPSA) is 83.6 Å². The van der Waals surface area contributed by atoms with Crippen LogP contribution in [0, 0.1) is 5.92 Å². The molecule has 3 N–H and O–H groups in total. The summed E-state index contributed by atoms with van der Waals surface area (Å²) in [6.07, 6.45) is 2.29. The van der Waals surface area contributed by atoms with E-state index in [1.54, 1.807) is 0 Å². The minimum absolute atomic E-state index is 0.0761. The molecule has 1 amide bonds. The van der Waals surface area contributed by atoms with E-state index in [0.29, 0.717) is 6.42 Å². The van der Waals surface area contributed by atoms with E-state index in [2.05, 4.69) is 0 Å². The van der Waals surface area contributed by atoms with Gasteiger partial charge in [-0.25, -0.2) is 0 Å². The van der Waals surface area contributed by atoms with Gasteiger partial charge in [0.15, 0.2) is 0 Å². The Bertz CT molecular complexity index is 309. The molecule has 0 spiro atoms. The second kappa shape index (κ2) is 5.04. The van der Waals surface area contributed by atoms with Gasteiger partial charge in [-0.1, -0.05) is 0 Å². The van der Waals surface area contributed by atoms with Crippen LogP contribution in [-0.4, -0.2) is 40.0 Å². The second-order valence-electron chi connectivity index (χ2n) is 5.76. The number of nitrogens with zero attached hydrogens (tertiary/aromatic N) is 1. The molecule has 1 rings (SSSR count). The Labute approximate surface area is 102 Å². The lowest BCUT2D eigenvalue weighted by molar-refractivity contribution is -0.150. The van der Waals surface area contributed by atoms with Crippen molar-refractivity contribution in [2.75, 3.05) is 6.54 Å². The molecule has 1 aliphatic rings. The number of carboxylic acid groups (broad SMARTS) is 1. The van der Waals surface area contributed by atoms with Crippen molar-refractivity contribution in [1.82, 2.24) is 4.90 Å². The number of carboxylic acids is 1. The predicted octanol–water partition coefficient (Wildman–Crippen LogP) is 0.825. The lowest BCUT2D eigenvalue weighted by Crippen LogP contribution is -2.50. The van der Waals surface area contributed by atoms with E-state index >= 15 is 0 Å². The average molecular weight is 242 g/mol. The Morgan fingerprint density at radius 2 is 1.94 bits per heavy atom. The molecule has 0 radical (unpaired) electrons. The number of aliphatic carboxylic acids is 1. The molecule has 2 unspecified atom stereocenters. The molecule has 0 aromatic carbocycles. The van der Waals surface area contributed by atoms with Crippen LogP contribution in [0.5, 0.6) is 0 Å². The molecule has 0 heterocycles. The van der Waals surface area contributed by atoms with Gasteiger partial charge in [0, 0.05) is 17.5 Å². The summed E-state index contributed by atoms with van der Waals surface area (Å²) in [5, 5.41) is 8.87. The van der Waals surface area contributed by atoms with E-state index < -0.39 is 11.5 Å². The van der Waals surface area contributed by atoms with Crippen LogP contribution in [0.4, 0.5) is 0 Å². The third-order valence-electron chi connectivity index (χ3n) is 3.19. The Kier molecular flexibility index (Phi) is 4.14. The van der Waals surface area contributed by atoms with Crippen molar-refractivity contribution in [1.29, 1.82) is 0 Å². The molecule has 1 saturated carbocycles. The Balaban J connectivity index is 2.76. The van der Waals surface area contributed by atoms with Gasteiger partial charge in [-0.15, -0.1) is 0 Å². The van der Waals surface area contributed by atoms with Crippen molar-refractivity contribution in [3.8, 4) is 0 Å². The number of rotatable bonds is 3. The minimum atomic E-state index is -0.976. The normalized spacial score (nSPS) is 24.7. The molecular weight excluding hydrogens is 220 g/mol. The van der Waals surface area contributed by atoms with Crippen molar-refractivity contribution in [3.05, 3.63) is 0 Å². The molecule has 0 aliphatic heterocycles. The summed E-state index contributed by atoms with van der Waals surface area (Å²) in [7, 11) is 0. The van der Waals surface area contributed by atoms with Crippen LogP contribution in [0.15, 0.2) is 0 Å². The van der Waals surface area contributed by atoms with Crippen LogP contribution in [0.1, 0.15) is 40.0 Å². The van der Waals surface area contributed by atoms with Gasteiger partial charge in [-0.2, -0.15) is 0 Å². The zero-order valence-corrected chi connectivity index (χ0v) is 10.8. The van der Waals surface area contributed by atoms with Gasteiger partial charge in [0.05, 0.1) is 0 Å². The number of hydrogen-bond donors (Lipinski definition) is 2. The van der Waals surface area contributed by atoms with E-state index in [1.165, 1.54) is 4.90 Å². The Morgan fingerprint density at radius 3 is 2.29 bits per heavy atom. The summed E-state index contributed by atoms with van der Waals surface area (Å²) < 4.78 is 0. The van der Waals surface area contributed by atoms with Gasteiger partial charge < -0.3 is 15.7 Å². The fourth-order valence-electron chi connectivity index (χ4n) is 2.24. The molecule has 17 heavy (non-hydrogen) atoms. The molecule has 0 bridgehead atoms. The monoisotopic (exact) mass is 242 g/mol. The number of amides is 1. The first-order valence-corrected chi connectivity index (χ1v) is 6.00. The van der Waals surface area contributed by atoms with Crippen LogP contribution in [-0.2, 0) is 9.59 Å². The van der Waals surface area contributed by atoms with Crippen LogP contribution in [0.2, 0.25) is 0 Å². The third-order valence-corrected chi connectivity index (χ3v) is 3.19. The number of nitrogens with two attached hydrogens (primary N) is 1. The summed E-state index contributed by atoms with van der Waals surface area (Å²) >= 11 is 0. The molecular formula is C12H22N2O3. The highest BCUT2D eigenvalue weighted by molar-refractivity contribution is 5.84. The molecule has 0 saturated heterocycles. The van der Waals surface area contributed by atoms with Crippen LogP contribution in [0.3, 0.4) is 0 Å². The van der Waals surface area contributed by atoms with Crippen LogP contribution < -0.4 is 5.73 Å². The summed E-state index contributed by atoms with van der Waals surface area (Å²) in [4.78, 5) is 24.5. The van der Waals surface area contributed by atoms with Gasteiger partial charge in [0.2, 0.25) is 5.91 Å².